The average molecular weight is 611 g/mol. The molecule has 0 aliphatic rings. The van der Waals surface area contributed by atoms with Crippen molar-refractivity contribution in [2.75, 3.05) is 0 Å². The van der Waals surface area contributed by atoms with Crippen molar-refractivity contribution in [1.29, 1.82) is 5.26 Å². The number of hydrogen-bond donors (Lipinski definition) is 0. The zero-order valence-electron chi connectivity index (χ0n) is 25.8. The molecule has 2 heterocycles. The zero-order chi connectivity index (χ0) is 32.2. The van der Waals surface area contributed by atoms with E-state index in [9.17, 15) is 5.26 Å². The first-order valence-electron chi connectivity index (χ1n) is 15.9. The normalized spacial score (nSPS) is 11.3. The SMILES string of the molecule is [C-]#[N+]c1cccc2c3ccccc3n(-c3ccc(-c4ccccc4-c4c(C#N)cccc4-n4c5ccccc5c5ccccc54)cc3)c12. The lowest BCUT2D eigenvalue weighted by Crippen LogP contribution is -2.00. The van der Waals surface area contributed by atoms with Gasteiger partial charge in [0.1, 0.15) is 0 Å². The quantitative estimate of drug-likeness (QED) is 0.183. The Morgan fingerprint density at radius 3 is 1.69 bits per heavy atom. The third kappa shape index (κ3) is 4.01. The Labute approximate surface area is 277 Å². The van der Waals surface area contributed by atoms with Gasteiger partial charge in [0.2, 0.25) is 5.69 Å². The molecule has 0 aliphatic carbocycles. The Kier molecular flexibility index (Phi) is 6.22. The van der Waals surface area contributed by atoms with Crippen molar-refractivity contribution in [3.05, 3.63) is 175 Å². The van der Waals surface area contributed by atoms with Gasteiger partial charge in [-0.25, -0.2) is 4.85 Å². The minimum absolute atomic E-state index is 0.621. The van der Waals surface area contributed by atoms with Crippen LogP contribution in [-0.4, -0.2) is 9.13 Å². The molecule has 0 bridgehead atoms. The van der Waals surface area contributed by atoms with Gasteiger partial charge in [0, 0.05) is 27.4 Å². The lowest BCUT2D eigenvalue weighted by molar-refractivity contribution is 1.18. The summed E-state index contributed by atoms with van der Waals surface area (Å²) < 4.78 is 4.48. The van der Waals surface area contributed by atoms with E-state index in [4.69, 9.17) is 6.57 Å². The summed E-state index contributed by atoms with van der Waals surface area (Å²) >= 11 is 0. The highest BCUT2D eigenvalue weighted by molar-refractivity contribution is 6.13. The maximum Gasteiger partial charge on any atom is 0.211 e. The predicted molar refractivity (Wildman–Crippen MR) is 197 cm³/mol. The van der Waals surface area contributed by atoms with Crippen LogP contribution in [0.25, 0.3) is 82.1 Å². The lowest BCUT2D eigenvalue weighted by Gasteiger charge is -2.18. The second-order valence-corrected chi connectivity index (χ2v) is 11.9. The highest BCUT2D eigenvalue weighted by atomic mass is 15.0. The van der Waals surface area contributed by atoms with E-state index in [0.29, 0.717) is 11.3 Å². The van der Waals surface area contributed by atoms with Crippen molar-refractivity contribution >= 4 is 49.3 Å². The van der Waals surface area contributed by atoms with Gasteiger partial charge in [-0.1, -0.05) is 115 Å². The Hall–Kier alpha value is -6.88. The van der Waals surface area contributed by atoms with E-state index >= 15 is 0 Å². The van der Waals surface area contributed by atoms with Gasteiger partial charge in [-0.05, 0) is 64.5 Å². The molecule has 4 heteroatoms. The van der Waals surface area contributed by atoms with E-state index in [0.717, 1.165) is 66.5 Å². The van der Waals surface area contributed by atoms with Crippen LogP contribution in [0, 0.1) is 17.9 Å². The van der Waals surface area contributed by atoms with E-state index in [1.54, 1.807) is 0 Å². The molecule has 0 atom stereocenters. The molecule has 0 saturated heterocycles. The standard InChI is InChI=1S/C44H26N4/c1-46-38-19-11-18-37-35-16-6-7-20-39(35)47(44(37)38)31-26-24-29(25-27-31)32-13-2-3-17-36(32)43-30(28-45)12-10-23-42(43)48-40-21-8-4-14-33(40)34-15-5-9-22-41(34)48/h2-27H. The summed E-state index contributed by atoms with van der Waals surface area (Å²) in [5.41, 5.74) is 11.4. The first kappa shape index (κ1) is 27.4. The Bertz CT molecular complexity index is 2750. The summed E-state index contributed by atoms with van der Waals surface area (Å²) in [6.07, 6.45) is 0. The first-order chi connectivity index (χ1) is 23.8. The molecule has 0 radical (unpaired) electrons. The molecule has 0 unspecified atom stereocenters. The summed E-state index contributed by atoms with van der Waals surface area (Å²) in [6.45, 7) is 7.89. The van der Waals surface area contributed by atoms with E-state index in [1.165, 1.54) is 10.8 Å². The van der Waals surface area contributed by atoms with Crippen LogP contribution in [0.5, 0.6) is 0 Å². The van der Waals surface area contributed by atoms with Crippen molar-refractivity contribution in [3.63, 3.8) is 0 Å². The predicted octanol–water partition coefficient (Wildman–Crippen LogP) is 11.6. The van der Waals surface area contributed by atoms with Gasteiger partial charge in [0.15, 0.2) is 0 Å². The number of hydrogen-bond acceptors (Lipinski definition) is 1. The van der Waals surface area contributed by atoms with E-state index in [2.05, 4.69) is 135 Å². The van der Waals surface area contributed by atoms with Crippen molar-refractivity contribution in [2.24, 2.45) is 0 Å². The molecule has 0 N–H and O–H groups in total. The van der Waals surface area contributed by atoms with E-state index in [1.807, 2.05) is 42.5 Å². The topological polar surface area (TPSA) is 38.0 Å². The number of rotatable bonds is 4. The fourth-order valence-corrected chi connectivity index (χ4v) is 7.39. The van der Waals surface area contributed by atoms with Crippen LogP contribution in [-0.2, 0) is 0 Å². The number of para-hydroxylation sites is 4. The highest BCUT2D eigenvalue weighted by Gasteiger charge is 2.21. The summed E-state index contributed by atoms with van der Waals surface area (Å²) in [6, 6.07) is 56.6. The Balaban J connectivity index is 1.25. The number of nitriles is 1. The summed E-state index contributed by atoms with van der Waals surface area (Å²) in [5, 5.41) is 15.0. The molecule has 0 saturated carbocycles. The number of fused-ring (bicyclic) bond motifs is 6. The van der Waals surface area contributed by atoms with Crippen molar-refractivity contribution in [3.8, 4) is 39.7 Å². The highest BCUT2D eigenvalue weighted by Crippen LogP contribution is 2.42. The molecule has 0 aliphatic heterocycles. The van der Waals surface area contributed by atoms with Crippen LogP contribution in [0.1, 0.15) is 5.56 Å². The summed E-state index contributed by atoms with van der Waals surface area (Å²) in [7, 11) is 0. The number of nitrogens with zero attached hydrogens (tertiary/aromatic N) is 4. The third-order valence-electron chi connectivity index (χ3n) is 9.41. The van der Waals surface area contributed by atoms with Gasteiger partial charge in [0.25, 0.3) is 0 Å². The van der Waals surface area contributed by atoms with Gasteiger partial charge >= 0.3 is 0 Å². The largest absolute Gasteiger partial charge is 0.319 e. The van der Waals surface area contributed by atoms with Crippen molar-refractivity contribution in [2.45, 2.75) is 0 Å². The molecule has 222 valence electrons. The first-order valence-corrected chi connectivity index (χ1v) is 15.9. The maximum atomic E-state index is 10.5. The lowest BCUT2D eigenvalue weighted by atomic mass is 9.90. The molecule has 48 heavy (non-hydrogen) atoms. The molecule has 7 aromatic carbocycles. The summed E-state index contributed by atoms with van der Waals surface area (Å²) in [4.78, 5) is 3.87. The van der Waals surface area contributed by atoms with E-state index in [-0.39, 0.29) is 0 Å². The van der Waals surface area contributed by atoms with Gasteiger partial charge in [-0.2, -0.15) is 5.26 Å². The van der Waals surface area contributed by atoms with Crippen molar-refractivity contribution < 1.29 is 0 Å². The molecule has 4 nitrogen and oxygen atoms in total. The molecule has 2 aromatic heterocycles. The molecular formula is C44H26N4. The Morgan fingerprint density at radius 2 is 1.04 bits per heavy atom. The van der Waals surface area contributed by atoms with Crippen molar-refractivity contribution in [1.82, 2.24) is 9.13 Å². The fourth-order valence-electron chi connectivity index (χ4n) is 7.39. The average Bonchev–Trinajstić information content (AvgIpc) is 3.68. The molecular weight excluding hydrogens is 585 g/mol. The second-order valence-electron chi connectivity index (χ2n) is 11.9. The van der Waals surface area contributed by atoms with Crippen LogP contribution in [0.3, 0.4) is 0 Å². The minimum atomic E-state index is 0.621. The van der Waals surface area contributed by atoms with Crippen LogP contribution in [0.15, 0.2) is 158 Å². The Morgan fingerprint density at radius 1 is 0.500 bits per heavy atom. The van der Waals surface area contributed by atoms with Crippen LogP contribution < -0.4 is 0 Å². The number of benzene rings is 7. The molecule has 0 fully saturated rings. The van der Waals surface area contributed by atoms with Gasteiger partial charge < -0.3 is 9.13 Å². The smallest absolute Gasteiger partial charge is 0.211 e. The molecule has 0 amide bonds. The monoisotopic (exact) mass is 610 g/mol. The van der Waals surface area contributed by atoms with E-state index < -0.39 is 0 Å². The van der Waals surface area contributed by atoms with Crippen LogP contribution >= 0.6 is 0 Å². The number of aromatic nitrogens is 2. The molecule has 9 rings (SSSR count). The molecule has 0 spiro atoms. The summed E-state index contributed by atoms with van der Waals surface area (Å²) in [5.74, 6) is 0. The zero-order valence-corrected chi connectivity index (χ0v) is 25.8. The van der Waals surface area contributed by atoms with Crippen LogP contribution in [0.4, 0.5) is 5.69 Å². The van der Waals surface area contributed by atoms with Crippen LogP contribution in [0.2, 0.25) is 0 Å². The fraction of sp³-hybridized carbons (Fsp3) is 0. The maximum absolute atomic E-state index is 10.5. The van der Waals surface area contributed by atoms with Gasteiger partial charge in [-0.15, -0.1) is 0 Å². The van der Waals surface area contributed by atoms with Gasteiger partial charge in [-0.3, -0.25) is 0 Å². The molecule has 9 aromatic rings. The second kappa shape index (κ2) is 10.9. The van der Waals surface area contributed by atoms with Gasteiger partial charge in [0.05, 0.1) is 46.0 Å². The third-order valence-corrected chi connectivity index (χ3v) is 9.41. The minimum Gasteiger partial charge on any atom is -0.319 e.